The Labute approximate surface area is 170 Å². The van der Waals surface area contributed by atoms with Gasteiger partial charge in [0.15, 0.2) is 0 Å². The van der Waals surface area contributed by atoms with Crippen molar-refractivity contribution in [2.45, 2.75) is 17.9 Å². The first-order valence-corrected chi connectivity index (χ1v) is 10.4. The average molecular weight is 410 g/mol. The molecule has 1 atom stereocenters. The number of hydrogen-bond donors (Lipinski definition) is 1. The number of carbonyl (C=O) groups excluding carboxylic acids is 1. The van der Waals surface area contributed by atoms with Crippen LogP contribution in [0, 0.1) is 0 Å². The molecular weight excluding hydrogens is 388 g/mol. The van der Waals surface area contributed by atoms with Gasteiger partial charge >= 0.3 is 0 Å². The Morgan fingerprint density at radius 1 is 1.07 bits per heavy atom. The normalized spacial score (nSPS) is 13.1. The van der Waals surface area contributed by atoms with Gasteiger partial charge in [-0.1, -0.05) is 24.3 Å². The molecule has 0 aliphatic carbocycles. The van der Waals surface area contributed by atoms with Crippen molar-refractivity contribution in [2.75, 3.05) is 14.1 Å². The molecule has 1 unspecified atom stereocenters. The molecule has 0 aliphatic heterocycles. The second-order valence-electron chi connectivity index (χ2n) is 6.70. The van der Waals surface area contributed by atoms with Crippen LogP contribution in [0.2, 0.25) is 0 Å². The highest BCUT2D eigenvalue weighted by atomic mass is 32.2. The number of sulfonamides is 1. The topological polar surface area (TPSA) is 92.3 Å². The van der Waals surface area contributed by atoms with E-state index in [2.05, 4.69) is 15.3 Å². The Bertz CT molecular complexity index is 1160. The van der Waals surface area contributed by atoms with Gasteiger partial charge in [-0.15, -0.1) is 0 Å². The molecule has 29 heavy (non-hydrogen) atoms. The SMILES string of the molecule is CC(NC(=O)/C=C/c1cnc2ccccc2n1)c1ccc(S(=O)(=O)N(C)C)cc1. The molecule has 1 N–H and O–H groups in total. The number of para-hydroxylation sites is 2. The van der Waals surface area contributed by atoms with Gasteiger partial charge in [-0.25, -0.2) is 17.7 Å². The van der Waals surface area contributed by atoms with E-state index in [9.17, 15) is 13.2 Å². The van der Waals surface area contributed by atoms with Crippen molar-refractivity contribution in [2.24, 2.45) is 0 Å². The first-order chi connectivity index (χ1) is 13.8. The zero-order valence-corrected chi connectivity index (χ0v) is 17.2. The van der Waals surface area contributed by atoms with Crippen molar-refractivity contribution in [1.29, 1.82) is 0 Å². The molecule has 1 amide bonds. The molecule has 0 aliphatic rings. The maximum Gasteiger partial charge on any atom is 0.244 e. The van der Waals surface area contributed by atoms with Crippen molar-refractivity contribution in [1.82, 2.24) is 19.6 Å². The summed E-state index contributed by atoms with van der Waals surface area (Å²) in [5.74, 6) is -0.280. The summed E-state index contributed by atoms with van der Waals surface area (Å²) in [6, 6.07) is 13.7. The molecule has 0 saturated heterocycles. The predicted octanol–water partition coefficient (Wildman–Crippen LogP) is 2.77. The van der Waals surface area contributed by atoms with E-state index in [1.165, 1.54) is 32.3 Å². The van der Waals surface area contributed by atoms with Gasteiger partial charge in [-0.3, -0.25) is 9.78 Å². The first kappa shape index (κ1) is 20.6. The minimum Gasteiger partial charge on any atom is -0.346 e. The number of fused-ring (bicyclic) bond motifs is 1. The van der Waals surface area contributed by atoms with Crippen molar-refractivity contribution >= 4 is 33.0 Å². The Morgan fingerprint density at radius 2 is 1.72 bits per heavy atom. The largest absolute Gasteiger partial charge is 0.346 e. The van der Waals surface area contributed by atoms with Crippen LogP contribution in [0.1, 0.15) is 24.2 Å². The molecule has 0 radical (unpaired) electrons. The van der Waals surface area contributed by atoms with Gasteiger partial charge in [0.1, 0.15) is 0 Å². The number of carbonyl (C=O) groups is 1. The number of amides is 1. The Morgan fingerprint density at radius 3 is 2.38 bits per heavy atom. The summed E-state index contributed by atoms with van der Waals surface area (Å²) < 4.78 is 25.4. The molecule has 2 aromatic carbocycles. The molecule has 7 nitrogen and oxygen atoms in total. The quantitative estimate of drug-likeness (QED) is 0.631. The molecule has 3 rings (SSSR count). The fourth-order valence-electron chi connectivity index (χ4n) is 2.70. The summed E-state index contributed by atoms with van der Waals surface area (Å²) in [6.45, 7) is 1.83. The molecule has 1 heterocycles. The zero-order valence-electron chi connectivity index (χ0n) is 16.4. The van der Waals surface area contributed by atoms with E-state index in [0.717, 1.165) is 20.9 Å². The lowest BCUT2D eigenvalue weighted by atomic mass is 10.1. The minimum atomic E-state index is -3.48. The fourth-order valence-corrected chi connectivity index (χ4v) is 3.60. The van der Waals surface area contributed by atoms with Crippen LogP contribution in [-0.2, 0) is 14.8 Å². The van der Waals surface area contributed by atoms with Crippen molar-refractivity contribution in [3.63, 3.8) is 0 Å². The Hall–Kier alpha value is -3.10. The molecule has 1 aromatic heterocycles. The second-order valence-corrected chi connectivity index (χ2v) is 8.86. The zero-order chi connectivity index (χ0) is 21.0. The van der Waals surface area contributed by atoms with E-state index in [1.807, 2.05) is 31.2 Å². The number of aromatic nitrogens is 2. The number of benzene rings is 2. The fraction of sp³-hybridized carbons (Fsp3) is 0.190. The van der Waals surface area contributed by atoms with Crippen LogP contribution in [0.25, 0.3) is 17.1 Å². The lowest BCUT2D eigenvalue weighted by Gasteiger charge is -2.15. The van der Waals surface area contributed by atoms with E-state index < -0.39 is 10.0 Å². The van der Waals surface area contributed by atoms with Crippen LogP contribution in [0.4, 0.5) is 0 Å². The highest BCUT2D eigenvalue weighted by Crippen LogP contribution is 2.18. The second kappa shape index (κ2) is 8.50. The monoisotopic (exact) mass is 410 g/mol. The first-order valence-electron chi connectivity index (χ1n) is 9.00. The number of nitrogens with one attached hydrogen (secondary N) is 1. The molecular formula is C21H22N4O3S. The highest BCUT2D eigenvalue weighted by molar-refractivity contribution is 7.89. The molecule has 3 aromatic rings. The highest BCUT2D eigenvalue weighted by Gasteiger charge is 2.17. The molecule has 150 valence electrons. The van der Waals surface area contributed by atoms with Gasteiger partial charge < -0.3 is 5.32 Å². The summed E-state index contributed by atoms with van der Waals surface area (Å²) in [6.07, 6.45) is 4.62. The van der Waals surface area contributed by atoms with Gasteiger partial charge in [-0.05, 0) is 42.8 Å². The summed E-state index contributed by atoms with van der Waals surface area (Å²) in [7, 11) is -0.506. The van der Waals surface area contributed by atoms with Gasteiger partial charge in [0, 0.05) is 20.2 Å². The maximum absolute atomic E-state index is 12.2. The van der Waals surface area contributed by atoms with Crippen LogP contribution >= 0.6 is 0 Å². The van der Waals surface area contributed by atoms with Crippen molar-refractivity contribution in [3.05, 3.63) is 72.1 Å². The van der Waals surface area contributed by atoms with E-state index in [1.54, 1.807) is 24.4 Å². The molecule has 0 fully saturated rings. The van der Waals surface area contributed by atoms with Crippen molar-refractivity contribution in [3.8, 4) is 0 Å². The van der Waals surface area contributed by atoms with Gasteiger partial charge in [0.05, 0.1) is 33.9 Å². The lowest BCUT2D eigenvalue weighted by molar-refractivity contribution is -0.117. The Balaban J connectivity index is 1.66. The minimum absolute atomic E-state index is 0.208. The molecule has 0 bridgehead atoms. The summed E-state index contributed by atoms with van der Waals surface area (Å²) in [4.78, 5) is 21.2. The van der Waals surface area contributed by atoms with Crippen LogP contribution in [-0.4, -0.2) is 42.7 Å². The average Bonchev–Trinajstić information content (AvgIpc) is 2.72. The Kier molecular flexibility index (Phi) is 6.05. The number of rotatable bonds is 6. The summed E-state index contributed by atoms with van der Waals surface area (Å²) in [5.41, 5.74) is 2.94. The summed E-state index contributed by atoms with van der Waals surface area (Å²) >= 11 is 0. The van der Waals surface area contributed by atoms with E-state index in [0.29, 0.717) is 5.69 Å². The third-order valence-corrected chi connectivity index (χ3v) is 6.22. The van der Waals surface area contributed by atoms with Crippen LogP contribution < -0.4 is 5.32 Å². The summed E-state index contributed by atoms with van der Waals surface area (Å²) in [5, 5.41) is 2.85. The van der Waals surface area contributed by atoms with Crippen LogP contribution in [0.5, 0.6) is 0 Å². The van der Waals surface area contributed by atoms with E-state index >= 15 is 0 Å². The smallest absolute Gasteiger partial charge is 0.244 e. The molecule has 0 saturated carbocycles. The van der Waals surface area contributed by atoms with Crippen LogP contribution in [0.15, 0.2) is 65.7 Å². The standard InChI is InChI=1S/C21H22N4O3S/c1-15(16-8-11-18(12-9-16)29(27,28)25(2)3)23-21(26)13-10-17-14-22-19-6-4-5-7-20(19)24-17/h4-15H,1-3H3,(H,23,26)/b13-10+. The van der Waals surface area contributed by atoms with Gasteiger partial charge in [0.2, 0.25) is 15.9 Å². The number of hydrogen-bond acceptors (Lipinski definition) is 5. The lowest BCUT2D eigenvalue weighted by Crippen LogP contribution is -2.25. The van der Waals surface area contributed by atoms with E-state index in [-0.39, 0.29) is 16.8 Å². The van der Waals surface area contributed by atoms with Crippen LogP contribution in [0.3, 0.4) is 0 Å². The third-order valence-electron chi connectivity index (χ3n) is 4.39. The third kappa shape index (κ3) is 4.85. The van der Waals surface area contributed by atoms with Gasteiger partial charge in [-0.2, -0.15) is 0 Å². The molecule has 8 heteroatoms. The van der Waals surface area contributed by atoms with E-state index in [4.69, 9.17) is 0 Å². The molecule has 0 spiro atoms. The maximum atomic E-state index is 12.2. The predicted molar refractivity (Wildman–Crippen MR) is 112 cm³/mol. The van der Waals surface area contributed by atoms with Crippen molar-refractivity contribution < 1.29 is 13.2 Å². The number of nitrogens with zero attached hydrogens (tertiary/aromatic N) is 3. The van der Waals surface area contributed by atoms with Gasteiger partial charge in [0.25, 0.3) is 0 Å².